The Hall–Kier alpha value is -3.90. The zero-order valence-electron chi connectivity index (χ0n) is 18.7. The van der Waals surface area contributed by atoms with E-state index in [2.05, 4.69) is 32.0 Å². The number of piperazine rings is 1. The molecule has 1 aromatic carbocycles. The van der Waals surface area contributed by atoms with Crippen molar-refractivity contribution in [2.24, 2.45) is 7.05 Å². The second-order valence-corrected chi connectivity index (χ2v) is 8.05. The predicted octanol–water partition coefficient (Wildman–Crippen LogP) is 0.926. The average Bonchev–Trinajstić information content (AvgIpc) is 3.24. The van der Waals surface area contributed by atoms with Crippen LogP contribution in [0.3, 0.4) is 0 Å². The van der Waals surface area contributed by atoms with Crippen molar-refractivity contribution < 1.29 is 0 Å². The highest BCUT2D eigenvalue weighted by Crippen LogP contribution is 2.19. The van der Waals surface area contributed by atoms with E-state index in [1.54, 1.807) is 18.5 Å². The van der Waals surface area contributed by atoms with Crippen LogP contribution in [0, 0.1) is 11.8 Å². The molecule has 1 aliphatic rings. The van der Waals surface area contributed by atoms with Crippen LogP contribution in [-0.2, 0) is 20.1 Å². The van der Waals surface area contributed by atoms with E-state index in [0.29, 0.717) is 18.2 Å². The van der Waals surface area contributed by atoms with Gasteiger partial charge < -0.3 is 10.2 Å². The van der Waals surface area contributed by atoms with Crippen molar-refractivity contribution in [2.45, 2.75) is 20.0 Å². The summed E-state index contributed by atoms with van der Waals surface area (Å²) in [7, 11) is 1.60. The molecular weight excluding hydrogens is 418 g/mol. The van der Waals surface area contributed by atoms with Gasteiger partial charge in [-0.1, -0.05) is 30.2 Å². The van der Waals surface area contributed by atoms with Gasteiger partial charge in [-0.3, -0.25) is 19.1 Å². The Kier molecular flexibility index (Phi) is 5.44. The van der Waals surface area contributed by atoms with Crippen molar-refractivity contribution in [3.8, 4) is 11.8 Å². The normalized spacial score (nSPS) is 13.9. The lowest BCUT2D eigenvalue weighted by atomic mass is 10.2. The Morgan fingerprint density at radius 2 is 1.82 bits per heavy atom. The first-order valence-corrected chi connectivity index (χ1v) is 11.0. The van der Waals surface area contributed by atoms with Crippen molar-refractivity contribution in [3.63, 3.8) is 0 Å². The van der Waals surface area contributed by atoms with Crippen molar-refractivity contribution in [2.75, 3.05) is 31.1 Å². The van der Waals surface area contributed by atoms with Crippen LogP contribution in [0.1, 0.15) is 12.6 Å². The molecule has 1 fully saturated rings. The molecule has 1 saturated heterocycles. The molecule has 9 nitrogen and oxygen atoms in total. The number of hydrogen-bond donors (Lipinski definition) is 1. The molecule has 0 aliphatic carbocycles. The number of benzene rings is 1. The van der Waals surface area contributed by atoms with Crippen LogP contribution in [0.4, 0.5) is 5.95 Å². The van der Waals surface area contributed by atoms with Gasteiger partial charge in [0.15, 0.2) is 5.52 Å². The van der Waals surface area contributed by atoms with Crippen LogP contribution < -0.4 is 21.3 Å². The van der Waals surface area contributed by atoms with Crippen LogP contribution in [0.2, 0.25) is 0 Å². The largest absolute Gasteiger partial charge is 0.340 e. The number of rotatable bonds is 4. The van der Waals surface area contributed by atoms with Gasteiger partial charge >= 0.3 is 0 Å². The van der Waals surface area contributed by atoms with Gasteiger partial charge in [-0.25, -0.2) is 14.3 Å². The molecule has 9 heteroatoms. The van der Waals surface area contributed by atoms with Gasteiger partial charge in [0.25, 0.3) is 11.1 Å². The van der Waals surface area contributed by atoms with Gasteiger partial charge in [-0.2, -0.15) is 0 Å². The number of nitrogens with one attached hydrogen (secondary N) is 1. The number of para-hydroxylation sites is 1. The van der Waals surface area contributed by atoms with Crippen LogP contribution in [-0.4, -0.2) is 50.1 Å². The monoisotopic (exact) mass is 443 g/mol. The molecule has 0 atom stereocenters. The van der Waals surface area contributed by atoms with Crippen LogP contribution in [0.25, 0.3) is 21.9 Å². The second kappa shape index (κ2) is 8.56. The Morgan fingerprint density at radius 1 is 1.03 bits per heavy atom. The summed E-state index contributed by atoms with van der Waals surface area (Å²) in [4.78, 5) is 38.4. The first kappa shape index (κ1) is 21.0. The zero-order chi connectivity index (χ0) is 22.9. The number of anilines is 1. The fourth-order valence-corrected chi connectivity index (χ4v) is 4.27. The molecule has 33 heavy (non-hydrogen) atoms. The smallest absolute Gasteiger partial charge is 0.293 e. The third-order valence-electron chi connectivity index (χ3n) is 6.02. The molecule has 3 aromatic heterocycles. The minimum Gasteiger partial charge on any atom is -0.340 e. The maximum absolute atomic E-state index is 13.7. The summed E-state index contributed by atoms with van der Waals surface area (Å²) in [6.45, 7) is 5.36. The Morgan fingerprint density at radius 3 is 2.61 bits per heavy atom. The van der Waals surface area contributed by atoms with E-state index in [9.17, 15) is 9.59 Å². The highest BCUT2D eigenvalue weighted by atomic mass is 16.2. The van der Waals surface area contributed by atoms with E-state index >= 15 is 0 Å². The van der Waals surface area contributed by atoms with E-state index < -0.39 is 0 Å². The van der Waals surface area contributed by atoms with Gasteiger partial charge in [-0.15, -0.1) is 5.92 Å². The van der Waals surface area contributed by atoms with Gasteiger partial charge in [0.1, 0.15) is 5.52 Å². The summed E-state index contributed by atoms with van der Waals surface area (Å²) < 4.78 is 4.55. The van der Waals surface area contributed by atoms with E-state index in [1.807, 2.05) is 36.4 Å². The Bertz CT molecular complexity index is 1530. The quantitative estimate of drug-likeness (QED) is 0.472. The summed E-state index contributed by atoms with van der Waals surface area (Å²) >= 11 is 0. The number of pyridine rings is 1. The lowest BCUT2D eigenvalue weighted by Gasteiger charge is -2.28. The minimum atomic E-state index is -0.315. The molecule has 0 spiro atoms. The number of hydrogen-bond acceptors (Lipinski definition) is 6. The standard InChI is InChI=1S/C24H25N7O2/c1-3-4-13-30-21-20(27-24(30)29-14-11-25-12-15-29)22(32)28(2)31(23(21)33)16-18-10-9-17-7-5-6-8-19(17)26-18/h5-10,25H,11-16H2,1-2H3. The molecule has 0 radical (unpaired) electrons. The lowest BCUT2D eigenvalue weighted by Crippen LogP contribution is -2.44. The van der Waals surface area contributed by atoms with Crippen LogP contribution >= 0.6 is 0 Å². The minimum absolute atomic E-state index is 0.177. The fourth-order valence-electron chi connectivity index (χ4n) is 4.27. The summed E-state index contributed by atoms with van der Waals surface area (Å²) in [6, 6.07) is 11.7. The van der Waals surface area contributed by atoms with Crippen molar-refractivity contribution in [1.29, 1.82) is 0 Å². The second-order valence-electron chi connectivity index (χ2n) is 8.05. The fraction of sp³-hybridized carbons (Fsp3) is 0.333. The molecule has 1 N–H and O–H groups in total. The van der Waals surface area contributed by atoms with Crippen LogP contribution in [0.5, 0.6) is 0 Å². The van der Waals surface area contributed by atoms with Gasteiger partial charge in [-0.05, 0) is 19.1 Å². The summed E-state index contributed by atoms with van der Waals surface area (Å²) in [5.41, 5.74) is 1.41. The molecule has 4 heterocycles. The maximum atomic E-state index is 13.7. The van der Waals surface area contributed by atoms with Gasteiger partial charge in [0, 0.05) is 38.6 Å². The molecule has 4 aromatic rings. The van der Waals surface area contributed by atoms with Crippen molar-refractivity contribution in [3.05, 3.63) is 62.8 Å². The van der Waals surface area contributed by atoms with Crippen LogP contribution in [0.15, 0.2) is 46.0 Å². The molecular formula is C24H25N7O2. The number of nitrogens with zero attached hydrogens (tertiary/aromatic N) is 6. The first-order chi connectivity index (χ1) is 16.1. The average molecular weight is 444 g/mol. The third kappa shape index (κ3) is 3.68. The molecule has 168 valence electrons. The molecule has 0 amide bonds. The number of imidazole rings is 1. The summed E-state index contributed by atoms with van der Waals surface area (Å²) in [5, 5.41) is 4.34. The molecule has 1 aliphatic heterocycles. The van der Waals surface area contributed by atoms with E-state index in [1.165, 1.54) is 9.36 Å². The number of aromatic nitrogens is 5. The van der Waals surface area contributed by atoms with E-state index in [0.717, 1.165) is 37.1 Å². The third-order valence-corrected chi connectivity index (χ3v) is 6.02. The van der Waals surface area contributed by atoms with Gasteiger partial charge in [0.2, 0.25) is 5.95 Å². The van der Waals surface area contributed by atoms with E-state index in [4.69, 9.17) is 0 Å². The SMILES string of the molecule is CC#CCn1c(N2CCNCC2)nc2c(=O)n(C)n(Cc3ccc4ccccc4n3)c(=O)c21. The topological polar surface area (TPSA) is 90.0 Å². The first-order valence-electron chi connectivity index (χ1n) is 11.0. The molecule has 0 bridgehead atoms. The predicted molar refractivity (Wildman–Crippen MR) is 129 cm³/mol. The molecule has 0 unspecified atom stereocenters. The van der Waals surface area contributed by atoms with Gasteiger partial charge in [0.05, 0.1) is 24.3 Å². The van der Waals surface area contributed by atoms with Crippen molar-refractivity contribution in [1.82, 2.24) is 29.2 Å². The Labute approximate surface area is 190 Å². The molecule has 0 saturated carbocycles. The zero-order valence-corrected chi connectivity index (χ0v) is 18.7. The lowest BCUT2D eigenvalue weighted by molar-refractivity contribution is 0.497. The van der Waals surface area contributed by atoms with E-state index in [-0.39, 0.29) is 28.7 Å². The summed E-state index contributed by atoms with van der Waals surface area (Å²) in [5.74, 6) is 6.54. The highest BCUT2D eigenvalue weighted by molar-refractivity contribution is 5.79. The highest BCUT2D eigenvalue weighted by Gasteiger charge is 2.24. The number of fused-ring (bicyclic) bond motifs is 2. The Balaban J connectivity index is 1.68. The maximum Gasteiger partial charge on any atom is 0.293 e. The molecule has 5 rings (SSSR count). The van der Waals surface area contributed by atoms with Crippen molar-refractivity contribution >= 4 is 27.9 Å². The summed E-state index contributed by atoms with van der Waals surface area (Å²) in [6.07, 6.45) is 0.